The molecule has 1 amide bonds. The lowest BCUT2D eigenvalue weighted by Gasteiger charge is -2.38. The monoisotopic (exact) mass is 493 g/mol. The number of amides is 1. The van der Waals surface area contributed by atoms with Crippen molar-refractivity contribution >= 4 is 5.91 Å². The van der Waals surface area contributed by atoms with Gasteiger partial charge in [0.15, 0.2) is 6.10 Å². The van der Waals surface area contributed by atoms with E-state index in [1.807, 2.05) is 0 Å². The fourth-order valence-corrected chi connectivity index (χ4v) is 4.71. The fraction of sp³-hybridized carbons (Fsp3) is 0.960. The smallest absolute Gasteiger partial charge is 0.251 e. The van der Waals surface area contributed by atoms with Gasteiger partial charge in [-0.2, -0.15) is 0 Å². The quantitative estimate of drug-likeness (QED) is 0.138. The molecule has 0 aliphatic carbocycles. The van der Waals surface area contributed by atoms with E-state index in [1.54, 1.807) is 0 Å². The Bertz CT molecular complexity index is 503. The van der Waals surface area contributed by atoms with Gasteiger partial charge in [-0.15, -0.1) is 0 Å². The van der Waals surface area contributed by atoms with Gasteiger partial charge in [0.05, 0.1) is 19.8 Å². The standard InChI is InChI=1S/C25H51NO8/c1-17(2)12-25(13-18(3)4,14-19(5)6)16-34-10-7-9-33-11-8-26-24(32)23(31)22(30)21(29)20(28)15-27/h17-23,27-31H,7-16H2,1-6H3,(H,26,32). The molecule has 0 bridgehead atoms. The minimum absolute atomic E-state index is 0.113. The van der Waals surface area contributed by atoms with Crippen LogP contribution in [0.15, 0.2) is 0 Å². The van der Waals surface area contributed by atoms with Gasteiger partial charge in [-0.1, -0.05) is 41.5 Å². The molecule has 9 nitrogen and oxygen atoms in total. The van der Waals surface area contributed by atoms with Gasteiger partial charge in [-0.25, -0.2) is 0 Å². The molecule has 4 atom stereocenters. The highest BCUT2D eigenvalue weighted by Gasteiger charge is 2.34. The van der Waals surface area contributed by atoms with Crippen molar-refractivity contribution < 1.29 is 39.8 Å². The maximum absolute atomic E-state index is 11.8. The van der Waals surface area contributed by atoms with E-state index in [0.29, 0.717) is 31.0 Å². The highest BCUT2D eigenvalue weighted by Crippen LogP contribution is 2.40. The molecular weight excluding hydrogens is 442 g/mol. The molecule has 0 radical (unpaired) electrons. The molecule has 0 heterocycles. The topological polar surface area (TPSA) is 149 Å². The molecule has 0 aromatic carbocycles. The van der Waals surface area contributed by atoms with E-state index in [0.717, 1.165) is 32.3 Å². The van der Waals surface area contributed by atoms with E-state index in [1.165, 1.54) is 0 Å². The van der Waals surface area contributed by atoms with Gasteiger partial charge in [0.2, 0.25) is 0 Å². The summed E-state index contributed by atoms with van der Waals surface area (Å²) in [4.78, 5) is 11.8. The van der Waals surface area contributed by atoms with E-state index in [-0.39, 0.29) is 18.6 Å². The second kappa shape index (κ2) is 17.6. The summed E-state index contributed by atoms with van der Waals surface area (Å²) in [6.07, 6.45) is -3.19. The number of nitrogens with one attached hydrogen (secondary N) is 1. The number of carbonyl (C=O) groups is 1. The molecule has 0 spiro atoms. The Hall–Kier alpha value is -0.810. The number of hydrogen-bond acceptors (Lipinski definition) is 8. The van der Waals surface area contributed by atoms with Gasteiger partial charge >= 0.3 is 0 Å². The molecule has 9 heteroatoms. The Morgan fingerprint density at radius 1 is 0.794 bits per heavy atom. The molecule has 6 N–H and O–H groups in total. The summed E-state index contributed by atoms with van der Waals surface area (Å²) in [5.74, 6) is 0.937. The van der Waals surface area contributed by atoms with Crippen LogP contribution in [-0.2, 0) is 14.3 Å². The Labute approximate surface area is 205 Å². The molecule has 0 aromatic rings. The third kappa shape index (κ3) is 13.9. The molecule has 0 fully saturated rings. The lowest BCUT2D eigenvalue weighted by Crippen LogP contribution is -2.52. The van der Waals surface area contributed by atoms with Gasteiger partial charge in [0, 0.05) is 19.8 Å². The van der Waals surface area contributed by atoms with Crippen molar-refractivity contribution in [3.05, 3.63) is 0 Å². The summed E-state index contributed by atoms with van der Waals surface area (Å²) in [5.41, 5.74) is 0.188. The highest BCUT2D eigenvalue weighted by molar-refractivity contribution is 5.81. The number of ether oxygens (including phenoxy) is 2. The van der Waals surface area contributed by atoms with E-state index >= 15 is 0 Å². The van der Waals surface area contributed by atoms with Crippen LogP contribution in [0, 0.1) is 23.2 Å². The number of rotatable bonds is 20. The number of aliphatic hydroxyl groups is 5. The van der Waals surface area contributed by atoms with Gasteiger partial charge in [-0.3, -0.25) is 4.79 Å². The third-order valence-corrected chi connectivity index (χ3v) is 5.58. The largest absolute Gasteiger partial charge is 0.394 e. The number of aliphatic hydroxyl groups excluding tert-OH is 5. The summed E-state index contributed by atoms with van der Waals surface area (Å²) in [5, 5.41) is 49.5. The van der Waals surface area contributed by atoms with Crippen LogP contribution in [0.3, 0.4) is 0 Å². The molecule has 0 saturated heterocycles. The lowest BCUT2D eigenvalue weighted by molar-refractivity contribution is -0.149. The summed E-state index contributed by atoms with van der Waals surface area (Å²) >= 11 is 0. The number of carbonyl (C=O) groups excluding carboxylic acids is 1. The van der Waals surface area contributed by atoms with Crippen LogP contribution in [0.25, 0.3) is 0 Å². The Morgan fingerprint density at radius 3 is 1.76 bits per heavy atom. The van der Waals surface area contributed by atoms with E-state index in [4.69, 9.17) is 14.6 Å². The van der Waals surface area contributed by atoms with Crippen molar-refractivity contribution in [3.8, 4) is 0 Å². The Balaban J connectivity index is 4.24. The zero-order valence-electron chi connectivity index (χ0n) is 22.1. The summed E-state index contributed by atoms with van der Waals surface area (Å²) < 4.78 is 11.6. The third-order valence-electron chi connectivity index (χ3n) is 5.58. The molecule has 0 rings (SSSR count). The minimum Gasteiger partial charge on any atom is -0.394 e. The molecule has 0 aromatic heterocycles. The van der Waals surface area contributed by atoms with Crippen molar-refractivity contribution in [2.24, 2.45) is 23.2 Å². The van der Waals surface area contributed by atoms with Crippen LogP contribution in [-0.4, -0.2) is 95.4 Å². The van der Waals surface area contributed by atoms with Gasteiger partial charge < -0.3 is 40.3 Å². The van der Waals surface area contributed by atoms with Crippen molar-refractivity contribution in [2.75, 3.05) is 39.6 Å². The van der Waals surface area contributed by atoms with Crippen molar-refractivity contribution in [3.63, 3.8) is 0 Å². The molecule has 0 aliphatic heterocycles. The van der Waals surface area contributed by atoms with Crippen molar-refractivity contribution in [1.29, 1.82) is 0 Å². The van der Waals surface area contributed by atoms with E-state index < -0.39 is 36.9 Å². The Morgan fingerprint density at radius 2 is 1.29 bits per heavy atom. The van der Waals surface area contributed by atoms with Crippen LogP contribution >= 0.6 is 0 Å². The molecule has 34 heavy (non-hydrogen) atoms. The first kappa shape index (κ1) is 33.2. The SMILES string of the molecule is CC(C)CC(COCCCOCCNC(=O)C(O)C(O)C(O)C(O)CO)(CC(C)C)CC(C)C. The zero-order chi connectivity index (χ0) is 26.3. The number of hydrogen-bond donors (Lipinski definition) is 6. The van der Waals surface area contributed by atoms with Crippen LogP contribution in [0.5, 0.6) is 0 Å². The zero-order valence-corrected chi connectivity index (χ0v) is 22.1. The van der Waals surface area contributed by atoms with Gasteiger partial charge in [0.1, 0.15) is 18.3 Å². The first-order valence-electron chi connectivity index (χ1n) is 12.6. The Kier molecular flexibility index (Phi) is 17.2. The van der Waals surface area contributed by atoms with Crippen molar-refractivity contribution in [1.82, 2.24) is 5.32 Å². The molecule has 0 saturated carbocycles. The predicted octanol–water partition coefficient (Wildman–Crippen LogP) is 1.09. The van der Waals surface area contributed by atoms with Crippen LogP contribution in [0.1, 0.15) is 67.2 Å². The van der Waals surface area contributed by atoms with Crippen molar-refractivity contribution in [2.45, 2.75) is 91.6 Å². The maximum atomic E-state index is 11.8. The van der Waals surface area contributed by atoms with E-state index in [9.17, 15) is 25.2 Å². The summed E-state index contributed by atoms with van der Waals surface area (Å²) in [6.45, 7) is 14.9. The summed E-state index contributed by atoms with van der Waals surface area (Å²) in [7, 11) is 0. The predicted molar refractivity (Wildman–Crippen MR) is 131 cm³/mol. The van der Waals surface area contributed by atoms with Crippen LogP contribution < -0.4 is 5.32 Å². The molecule has 204 valence electrons. The molecule has 4 unspecified atom stereocenters. The molecule has 0 aliphatic rings. The average molecular weight is 494 g/mol. The molecular formula is C25H51NO8. The second-order valence-corrected chi connectivity index (χ2v) is 10.8. The minimum atomic E-state index is -1.94. The normalized spacial score (nSPS) is 16.2. The lowest BCUT2D eigenvalue weighted by atomic mass is 9.70. The highest BCUT2D eigenvalue weighted by atomic mass is 16.5. The second-order valence-electron chi connectivity index (χ2n) is 10.8. The maximum Gasteiger partial charge on any atom is 0.251 e. The van der Waals surface area contributed by atoms with Gasteiger partial charge in [-0.05, 0) is 48.9 Å². The average Bonchev–Trinajstić information content (AvgIpc) is 2.73. The first-order chi connectivity index (χ1) is 15.8. The van der Waals surface area contributed by atoms with Gasteiger partial charge in [0.25, 0.3) is 5.91 Å². The van der Waals surface area contributed by atoms with E-state index in [2.05, 4.69) is 46.9 Å². The first-order valence-corrected chi connectivity index (χ1v) is 12.6. The summed E-state index contributed by atoms with van der Waals surface area (Å²) in [6, 6.07) is 0. The van der Waals surface area contributed by atoms with Crippen LogP contribution in [0.4, 0.5) is 0 Å². The fourth-order valence-electron chi connectivity index (χ4n) is 4.71. The van der Waals surface area contributed by atoms with Crippen LogP contribution in [0.2, 0.25) is 0 Å².